The summed E-state index contributed by atoms with van der Waals surface area (Å²) in [6, 6.07) is 6.19. The number of pyridine rings is 1. The van der Waals surface area contributed by atoms with Crippen molar-refractivity contribution < 1.29 is 0 Å². The van der Waals surface area contributed by atoms with Gasteiger partial charge in [-0.2, -0.15) is 5.26 Å². The SMILES string of the molecule is CCCNc1c(C#N)cnc2c(I)ccc(Br)c12. The Labute approximate surface area is 128 Å². The third-order valence-corrected chi connectivity index (χ3v) is 4.12. The van der Waals surface area contributed by atoms with Crippen LogP contribution >= 0.6 is 38.5 Å². The molecule has 2 rings (SSSR count). The highest BCUT2D eigenvalue weighted by Gasteiger charge is 2.13. The number of anilines is 1. The van der Waals surface area contributed by atoms with Crippen LogP contribution in [0.2, 0.25) is 0 Å². The van der Waals surface area contributed by atoms with E-state index in [1.807, 2.05) is 12.1 Å². The van der Waals surface area contributed by atoms with Crippen LogP contribution in [0.15, 0.2) is 22.8 Å². The molecule has 1 N–H and O–H groups in total. The number of nitriles is 1. The van der Waals surface area contributed by atoms with E-state index in [-0.39, 0.29) is 0 Å². The van der Waals surface area contributed by atoms with Crippen molar-refractivity contribution in [3.63, 3.8) is 0 Å². The van der Waals surface area contributed by atoms with Crippen molar-refractivity contribution in [3.05, 3.63) is 31.9 Å². The zero-order chi connectivity index (χ0) is 13.1. The first kappa shape index (κ1) is 13.6. The van der Waals surface area contributed by atoms with E-state index in [2.05, 4.69) is 61.8 Å². The zero-order valence-electron chi connectivity index (χ0n) is 9.80. The molecule has 0 saturated heterocycles. The fourth-order valence-corrected chi connectivity index (χ4v) is 2.86. The van der Waals surface area contributed by atoms with Crippen LogP contribution in [0, 0.1) is 14.9 Å². The molecule has 0 unspecified atom stereocenters. The van der Waals surface area contributed by atoms with E-state index in [9.17, 15) is 5.26 Å². The van der Waals surface area contributed by atoms with E-state index in [0.29, 0.717) is 5.56 Å². The monoisotopic (exact) mass is 415 g/mol. The smallest absolute Gasteiger partial charge is 0.103 e. The van der Waals surface area contributed by atoms with Gasteiger partial charge in [0.15, 0.2) is 0 Å². The highest BCUT2D eigenvalue weighted by Crippen LogP contribution is 2.34. The largest absolute Gasteiger partial charge is 0.383 e. The van der Waals surface area contributed by atoms with Gasteiger partial charge in [-0.15, -0.1) is 0 Å². The first-order chi connectivity index (χ1) is 8.69. The van der Waals surface area contributed by atoms with E-state index >= 15 is 0 Å². The Morgan fingerprint density at radius 3 is 2.94 bits per heavy atom. The minimum absolute atomic E-state index is 0.582. The van der Waals surface area contributed by atoms with Crippen molar-refractivity contribution in [2.24, 2.45) is 0 Å². The topological polar surface area (TPSA) is 48.7 Å². The number of benzene rings is 1. The lowest BCUT2D eigenvalue weighted by molar-refractivity contribution is 0.980. The van der Waals surface area contributed by atoms with Crippen molar-refractivity contribution in [1.82, 2.24) is 4.98 Å². The Bertz CT molecular complexity index is 634. The van der Waals surface area contributed by atoms with Gasteiger partial charge in [-0.25, -0.2) is 0 Å². The summed E-state index contributed by atoms with van der Waals surface area (Å²) in [6.45, 7) is 2.94. The number of halogens is 2. The third-order valence-electron chi connectivity index (χ3n) is 2.59. The van der Waals surface area contributed by atoms with Crippen LogP contribution in [0.1, 0.15) is 18.9 Å². The minimum Gasteiger partial charge on any atom is -0.383 e. The average molecular weight is 416 g/mol. The Kier molecular flexibility index (Phi) is 4.40. The summed E-state index contributed by atoms with van der Waals surface area (Å²) in [4.78, 5) is 4.38. The van der Waals surface area contributed by atoms with E-state index in [0.717, 1.165) is 37.6 Å². The molecule has 92 valence electrons. The fourth-order valence-electron chi connectivity index (χ4n) is 1.75. The van der Waals surface area contributed by atoms with E-state index < -0.39 is 0 Å². The maximum absolute atomic E-state index is 9.19. The Morgan fingerprint density at radius 2 is 2.28 bits per heavy atom. The second-order valence-corrected chi connectivity index (χ2v) is 5.85. The van der Waals surface area contributed by atoms with Crippen molar-refractivity contribution in [2.45, 2.75) is 13.3 Å². The Balaban J connectivity index is 2.76. The van der Waals surface area contributed by atoms with Crippen molar-refractivity contribution in [1.29, 1.82) is 5.26 Å². The number of nitrogens with zero attached hydrogens (tertiary/aromatic N) is 2. The summed E-state index contributed by atoms with van der Waals surface area (Å²) >= 11 is 5.80. The molecule has 2 aromatic rings. The summed E-state index contributed by atoms with van der Waals surface area (Å²) in [6.07, 6.45) is 2.64. The fraction of sp³-hybridized carbons (Fsp3) is 0.231. The molecular formula is C13H11BrIN3. The van der Waals surface area contributed by atoms with Crippen LogP contribution in [-0.2, 0) is 0 Å². The van der Waals surface area contributed by atoms with Gasteiger partial charge < -0.3 is 5.32 Å². The standard InChI is InChI=1S/C13H11BrIN3/c1-2-5-17-12-8(6-16)7-18-13-10(15)4-3-9(14)11(12)13/h3-4,7H,2,5H2,1H3,(H,17,18). The van der Waals surface area contributed by atoms with Gasteiger partial charge in [-0.05, 0) is 41.1 Å². The second-order valence-electron chi connectivity index (χ2n) is 3.84. The average Bonchev–Trinajstić information content (AvgIpc) is 2.39. The van der Waals surface area contributed by atoms with Crippen LogP contribution in [-0.4, -0.2) is 11.5 Å². The molecule has 0 aliphatic carbocycles. The van der Waals surface area contributed by atoms with Crippen LogP contribution < -0.4 is 5.32 Å². The van der Waals surface area contributed by atoms with Gasteiger partial charge >= 0.3 is 0 Å². The summed E-state index contributed by atoms with van der Waals surface area (Å²) in [7, 11) is 0. The second kappa shape index (κ2) is 5.85. The molecule has 3 nitrogen and oxygen atoms in total. The van der Waals surface area contributed by atoms with E-state index in [4.69, 9.17) is 0 Å². The highest BCUT2D eigenvalue weighted by molar-refractivity contribution is 14.1. The lowest BCUT2D eigenvalue weighted by Gasteiger charge is -2.12. The summed E-state index contributed by atoms with van der Waals surface area (Å²) < 4.78 is 2.04. The van der Waals surface area contributed by atoms with Crippen molar-refractivity contribution in [3.8, 4) is 6.07 Å². The lowest BCUT2D eigenvalue weighted by atomic mass is 10.1. The van der Waals surface area contributed by atoms with Crippen LogP contribution in [0.5, 0.6) is 0 Å². The zero-order valence-corrected chi connectivity index (χ0v) is 13.5. The van der Waals surface area contributed by atoms with Crippen LogP contribution in [0.3, 0.4) is 0 Å². The first-order valence-electron chi connectivity index (χ1n) is 5.59. The Hall–Kier alpha value is -0.870. The molecule has 0 fully saturated rings. The molecule has 18 heavy (non-hydrogen) atoms. The van der Waals surface area contributed by atoms with Gasteiger partial charge in [0.1, 0.15) is 6.07 Å². The van der Waals surface area contributed by atoms with Crippen LogP contribution in [0.4, 0.5) is 5.69 Å². The van der Waals surface area contributed by atoms with Crippen LogP contribution in [0.25, 0.3) is 10.9 Å². The quantitative estimate of drug-likeness (QED) is 0.760. The number of hydrogen-bond acceptors (Lipinski definition) is 3. The van der Waals surface area contributed by atoms with Gasteiger partial charge in [0.25, 0.3) is 0 Å². The summed E-state index contributed by atoms with van der Waals surface area (Å²) in [5, 5.41) is 13.5. The third kappa shape index (κ3) is 2.45. The number of aromatic nitrogens is 1. The maximum Gasteiger partial charge on any atom is 0.103 e. The molecule has 0 amide bonds. The van der Waals surface area contributed by atoms with E-state index in [1.54, 1.807) is 6.20 Å². The maximum atomic E-state index is 9.19. The normalized spacial score (nSPS) is 10.3. The van der Waals surface area contributed by atoms with Crippen molar-refractivity contribution >= 4 is 55.1 Å². The summed E-state index contributed by atoms with van der Waals surface area (Å²) in [5.41, 5.74) is 2.37. The number of fused-ring (bicyclic) bond motifs is 1. The molecule has 0 spiro atoms. The molecule has 0 bridgehead atoms. The predicted octanol–water partition coefficient (Wildman–Crippen LogP) is 4.30. The van der Waals surface area contributed by atoms with Gasteiger partial charge in [-0.3, -0.25) is 4.98 Å². The summed E-state index contributed by atoms with van der Waals surface area (Å²) in [5.74, 6) is 0. The molecule has 0 atom stereocenters. The molecule has 1 heterocycles. The number of rotatable bonds is 3. The van der Waals surface area contributed by atoms with Gasteiger partial charge in [0.2, 0.25) is 0 Å². The van der Waals surface area contributed by atoms with Gasteiger partial charge in [0, 0.05) is 26.2 Å². The molecule has 0 aliphatic rings. The first-order valence-corrected chi connectivity index (χ1v) is 7.47. The van der Waals surface area contributed by atoms with Gasteiger partial charge in [-0.1, -0.05) is 22.9 Å². The minimum atomic E-state index is 0.582. The Morgan fingerprint density at radius 1 is 1.50 bits per heavy atom. The molecule has 0 aliphatic heterocycles. The van der Waals surface area contributed by atoms with E-state index in [1.165, 1.54) is 0 Å². The number of nitrogens with one attached hydrogen (secondary N) is 1. The molecule has 1 aromatic heterocycles. The molecular weight excluding hydrogens is 405 g/mol. The van der Waals surface area contributed by atoms with Crippen molar-refractivity contribution in [2.75, 3.05) is 11.9 Å². The van der Waals surface area contributed by atoms with Gasteiger partial charge in [0.05, 0.1) is 16.8 Å². The molecule has 0 radical (unpaired) electrons. The predicted molar refractivity (Wildman–Crippen MR) is 85.7 cm³/mol. The molecule has 1 aromatic carbocycles. The lowest BCUT2D eigenvalue weighted by Crippen LogP contribution is -2.04. The molecule has 0 saturated carbocycles. The molecule has 5 heteroatoms. The number of hydrogen-bond donors (Lipinski definition) is 1. The highest BCUT2D eigenvalue weighted by atomic mass is 127.